The van der Waals surface area contributed by atoms with E-state index in [1.54, 1.807) is 13.0 Å². The summed E-state index contributed by atoms with van der Waals surface area (Å²) in [5, 5.41) is 11.5. The van der Waals surface area contributed by atoms with E-state index in [1.807, 2.05) is 0 Å². The van der Waals surface area contributed by atoms with E-state index < -0.39 is 17.6 Å². The lowest BCUT2D eigenvalue weighted by atomic mass is 10.1. The van der Waals surface area contributed by atoms with Crippen LogP contribution in [0, 0.1) is 10.1 Å². The van der Waals surface area contributed by atoms with Crippen LogP contribution in [0.3, 0.4) is 0 Å². The van der Waals surface area contributed by atoms with Crippen LogP contribution in [0.25, 0.3) is 0 Å². The predicted octanol–water partition coefficient (Wildman–Crippen LogP) is 4.27. The lowest BCUT2D eigenvalue weighted by Crippen LogP contribution is -2.35. The van der Waals surface area contributed by atoms with E-state index in [0.29, 0.717) is 17.3 Å². The van der Waals surface area contributed by atoms with Crippen LogP contribution in [0.2, 0.25) is 0 Å². The van der Waals surface area contributed by atoms with E-state index in [0.717, 1.165) is 4.90 Å². The number of nitro groups is 1. The van der Waals surface area contributed by atoms with Crippen molar-refractivity contribution in [2.45, 2.75) is 24.9 Å². The zero-order valence-corrected chi connectivity index (χ0v) is 12.4. The maximum absolute atomic E-state index is 12.6. The van der Waals surface area contributed by atoms with Gasteiger partial charge in [-0.05, 0) is 18.1 Å². The molecule has 0 unspecified atom stereocenters. The highest BCUT2D eigenvalue weighted by Gasteiger charge is 2.33. The van der Waals surface area contributed by atoms with Crippen LogP contribution in [-0.2, 0) is 5.33 Å². The summed E-state index contributed by atoms with van der Waals surface area (Å²) in [6.07, 6.45) is -3.94. The third kappa shape index (κ3) is 4.66. The van der Waals surface area contributed by atoms with Gasteiger partial charge in [0.15, 0.2) is 0 Å². The number of benzene rings is 1. The topological polar surface area (TPSA) is 46.4 Å². The number of anilines is 1. The van der Waals surface area contributed by atoms with Crippen LogP contribution in [-0.4, -0.2) is 24.2 Å². The molecule has 0 saturated carbocycles. The minimum atomic E-state index is -4.41. The quantitative estimate of drug-likeness (QED) is 0.435. The molecule has 0 radical (unpaired) electrons. The van der Waals surface area contributed by atoms with Crippen molar-refractivity contribution in [2.75, 3.05) is 18.0 Å². The number of hydrogen-bond donors (Lipinski definition) is 0. The summed E-state index contributed by atoms with van der Waals surface area (Å²) >= 11 is 3.17. The van der Waals surface area contributed by atoms with Crippen LogP contribution in [0.15, 0.2) is 18.2 Å². The summed E-state index contributed by atoms with van der Waals surface area (Å²) in [7, 11) is 0. The summed E-state index contributed by atoms with van der Waals surface area (Å²) in [6.45, 7) is 0.630. The Labute approximate surface area is 122 Å². The van der Waals surface area contributed by atoms with Gasteiger partial charge in [-0.1, -0.05) is 28.9 Å². The molecule has 1 aromatic rings. The molecule has 0 N–H and O–H groups in total. The first-order valence-electron chi connectivity index (χ1n) is 5.93. The zero-order chi connectivity index (χ0) is 15.3. The number of alkyl halides is 4. The highest BCUT2D eigenvalue weighted by atomic mass is 79.9. The smallest absolute Gasteiger partial charge is 0.357 e. The fraction of sp³-hybridized carbons (Fsp3) is 0.500. The molecular weight excluding hydrogens is 341 g/mol. The second kappa shape index (κ2) is 6.92. The fourth-order valence-corrected chi connectivity index (χ4v) is 2.19. The second-order valence-electron chi connectivity index (χ2n) is 4.25. The standard InChI is InChI=1S/C12H14BrF3N2O2/c1-2-5-17(8-12(14,15)16)10-4-3-9(7-13)6-11(10)18(19)20/h3-4,6H,2,5,7-8H2,1H3. The number of nitrogens with zero attached hydrogens (tertiary/aromatic N) is 2. The minimum Gasteiger partial charge on any atom is -0.357 e. The first-order chi connectivity index (χ1) is 9.28. The highest BCUT2D eigenvalue weighted by molar-refractivity contribution is 9.08. The molecule has 112 valence electrons. The molecule has 0 amide bonds. The third-order valence-corrected chi connectivity index (χ3v) is 3.24. The number of hydrogen-bond acceptors (Lipinski definition) is 3. The lowest BCUT2D eigenvalue weighted by molar-refractivity contribution is -0.384. The molecule has 1 rings (SSSR count). The van der Waals surface area contributed by atoms with E-state index in [9.17, 15) is 23.3 Å². The Morgan fingerprint density at radius 2 is 2.05 bits per heavy atom. The van der Waals surface area contributed by atoms with Crippen molar-refractivity contribution < 1.29 is 18.1 Å². The Kier molecular flexibility index (Phi) is 5.79. The van der Waals surface area contributed by atoms with Crippen LogP contribution >= 0.6 is 15.9 Å². The monoisotopic (exact) mass is 354 g/mol. The van der Waals surface area contributed by atoms with Gasteiger partial charge in [-0.2, -0.15) is 13.2 Å². The van der Waals surface area contributed by atoms with Crippen molar-refractivity contribution in [1.29, 1.82) is 0 Å². The molecular formula is C12H14BrF3N2O2. The SMILES string of the molecule is CCCN(CC(F)(F)F)c1ccc(CBr)cc1[N+](=O)[O-]. The van der Waals surface area contributed by atoms with Gasteiger partial charge in [0.2, 0.25) is 0 Å². The summed E-state index contributed by atoms with van der Waals surface area (Å²) in [4.78, 5) is 11.4. The molecule has 0 saturated heterocycles. The van der Waals surface area contributed by atoms with Gasteiger partial charge in [0.05, 0.1) is 4.92 Å². The van der Waals surface area contributed by atoms with Gasteiger partial charge in [0, 0.05) is 17.9 Å². The average Bonchev–Trinajstić information content (AvgIpc) is 2.36. The van der Waals surface area contributed by atoms with Gasteiger partial charge in [-0.15, -0.1) is 0 Å². The molecule has 0 aliphatic carbocycles. The molecule has 0 fully saturated rings. The summed E-state index contributed by atoms with van der Waals surface area (Å²) in [5.74, 6) is 0. The second-order valence-corrected chi connectivity index (χ2v) is 4.81. The predicted molar refractivity (Wildman–Crippen MR) is 74.3 cm³/mol. The first kappa shape index (κ1) is 16.7. The molecule has 0 spiro atoms. The molecule has 4 nitrogen and oxygen atoms in total. The Morgan fingerprint density at radius 3 is 2.50 bits per heavy atom. The lowest BCUT2D eigenvalue weighted by Gasteiger charge is -2.25. The van der Waals surface area contributed by atoms with E-state index in [2.05, 4.69) is 15.9 Å². The van der Waals surface area contributed by atoms with Crippen LogP contribution in [0.4, 0.5) is 24.5 Å². The van der Waals surface area contributed by atoms with Gasteiger partial charge >= 0.3 is 6.18 Å². The van der Waals surface area contributed by atoms with Crippen LogP contribution in [0.5, 0.6) is 0 Å². The van der Waals surface area contributed by atoms with Crippen molar-refractivity contribution >= 4 is 27.3 Å². The maximum atomic E-state index is 12.6. The van der Waals surface area contributed by atoms with E-state index in [-0.39, 0.29) is 17.9 Å². The fourth-order valence-electron chi connectivity index (χ4n) is 1.84. The summed E-state index contributed by atoms with van der Waals surface area (Å²) in [5.41, 5.74) is 0.336. The van der Waals surface area contributed by atoms with Crippen molar-refractivity contribution in [2.24, 2.45) is 0 Å². The molecule has 0 aliphatic heterocycles. The highest BCUT2D eigenvalue weighted by Crippen LogP contribution is 2.32. The first-order valence-corrected chi connectivity index (χ1v) is 7.05. The Morgan fingerprint density at radius 1 is 1.40 bits per heavy atom. The largest absolute Gasteiger partial charge is 0.405 e. The molecule has 0 aromatic heterocycles. The molecule has 0 bridgehead atoms. The van der Waals surface area contributed by atoms with Crippen molar-refractivity contribution in [3.63, 3.8) is 0 Å². The van der Waals surface area contributed by atoms with Gasteiger partial charge in [-0.3, -0.25) is 10.1 Å². The van der Waals surface area contributed by atoms with Crippen molar-refractivity contribution in [3.05, 3.63) is 33.9 Å². The van der Waals surface area contributed by atoms with Crippen molar-refractivity contribution in [1.82, 2.24) is 0 Å². The molecule has 8 heteroatoms. The van der Waals surface area contributed by atoms with Gasteiger partial charge in [-0.25, -0.2) is 0 Å². The molecule has 20 heavy (non-hydrogen) atoms. The minimum absolute atomic E-state index is 0.00104. The average molecular weight is 355 g/mol. The maximum Gasteiger partial charge on any atom is 0.405 e. The van der Waals surface area contributed by atoms with Gasteiger partial charge in [0.1, 0.15) is 12.2 Å². The Hall–Kier alpha value is -1.31. The van der Waals surface area contributed by atoms with Gasteiger partial charge < -0.3 is 4.90 Å². The van der Waals surface area contributed by atoms with E-state index in [4.69, 9.17) is 0 Å². The normalized spacial score (nSPS) is 11.4. The third-order valence-electron chi connectivity index (χ3n) is 2.60. The summed E-state index contributed by atoms with van der Waals surface area (Å²) in [6, 6.07) is 4.25. The summed E-state index contributed by atoms with van der Waals surface area (Å²) < 4.78 is 37.7. The molecule has 1 aromatic carbocycles. The van der Waals surface area contributed by atoms with Crippen molar-refractivity contribution in [3.8, 4) is 0 Å². The molecule has 0 aliphatic rings. The van der Waals surface area contributed by atoms with E-state index in [1.165, 1.54) is 12.1 Å². The van der Waals surface area contributed by atoms with Gasteiger partial charge in [0.25, 0.3) is 5.69 Å². The number of nitro benzene ring substituents is 1. The van der Waals surface area contributed by atoms with Crippen LogP contribution < -0.4 is 4.90 Å². The van der Waals surface area contributed by atoms with E-state index >= 15 is 0 Å². The molecule has 0 heterocycles. The van der Waals surface area contributed by atoms with Crippen LogP contribution in [0.1, 0.15) is 18.9 Å². The number of halogens is 4. The Balaban J connectivity index is 3.21. The number of rotatable bonds is 6. The zero-order valence-electron chi connectivity index (χ0n) is 10.8. The molecule has 0 atom stereocenters. The Bertz CT molecular complexity index is 480.